The minimum atomic E-state index is 0.326. The average Bonchev–Trinajstić information content (AvgIpc) is 3.32. The topological polar surface area (TPSA) is 60.2 Å². The molecular weight excluding hydrogens is 370 g/mol. The highest BCUT2D eigenvalue weighted by Gasteiger charge is 2.18. The summed E-state index contributed by atoms with van der Waals surface area (Å²) >= 11 is 1.67. The predicted octanol–water partition coefficient (Wildman–Crippen LogP) is 4.83. The minimum Gasteiger partial charge on any atom is -0.507 e. The fourth-order valence-electron chi connectivity index (χ4n) is 3.50. The van der Waals surface area contributed by atoms with Crippen molar-refractivity contribution in [3.05, 3.63) is 68.9 Å². The molecule has 0 fully saturated rings. The fraction of sp³-hybridized carbons (Fsp3) is 0.273. The van der Waals surface area contributed by atoms with Crippen molar-refractivity contribution in [3.8, 4) is 11.5 Å². The van der Waals surface area contributed by atoms with Crippen molar-refractivity contribution in [1.82, 2.24) is 14.5 Å². The van der Waals surface area contributed by atoms with E-state index in [1.54, 1.807) is 11.3 Å². The van der Waals surface area contributed by atoms with E-state index in [-0.39, 0.29) is 0 Å². The molecule has 0 spiro atoms. The number of imidazole rings is 1. The quantitative estimate of drug-likeness (QED) is 0.527. The number of benzene rings is 2. The minimum absolute atomic E-state index is 0.326. The molecule has 0 atom stereocenters. The summed E-state index contributed by atoms with van der Waals surface area (Å²) in [4.78, 5) is 10.1. The van der Waals surface area contributed by atoms with Gasteiger partial charge in [0.15, 0.2) is 0 Å². The van der Waals surface area contributed by atoms with Crippen molar-refractivity contribution in [2.24, 2.45) is 7.05 Å². The molecule has 0 amide bonds. The summed E-state index contributed by atoms with van der Waals surface area (Å²) in [7, 11) is 2.00. The van der Waals surface area contributed by atoms with Crippen LogP contribution in [0.2, 0.25) is 0 Å². The Morgan fingerprint density at radius 3 is 2.50 bits per heavy atom. The maximum Gasteiger partial charge on any atom is 0.147 e. The monoisotopic (exact) mass is 393 g/mol. The summed E-state index contributed by atoms with van der Waals surface area (Å²) in [5.41, 5.74) is 7.73. The van der Waals surface area contributed by atoms with Gasteiger partial charge in [-0.25, -0.2) is 4.98 Å². The molecule has 4 aromatic rings. The number of hydrogen-bond donors (Lipinski definition) is 1. The first-order valence-electron chi connectivity index (χ1n) is 9.18. The molecule has 0 aliphatic rings. The van der Waals surface area contributed by atoms with E-state index in [0.29, 0.717) is 12.4 Å². The lowest BCUT2D eigenvalue weighted by atomic mass is 10.0. The number of aryl methyl sites for hydroxylation is 3. The number of fused-ring (bicyclic) bond motifs is 1. The zero-order chi connectivity index (χ0) is 19.8. The third-order valence-electron chi connectivity index (χ3n) is 5.32. The SMILES string of the molecule is Cc1c(O)c(C)c2nc(COc3ccc(Cc4cncs4)cc3)n(C)c2c1C. The van der Waals surface area contributed by atoms with Crippen LogP contribution in [0, 0.1) is 20.8 Å². The highest BCUT2D eigenvalue weighted by atomic mass is 32.1. The van der Waals surface area contributed by atoms with E-state index < -0.39 is 0 Å². The van der Waals surface area contributed by atoms with Gasteiger partial charge in [0.25, 0.3) is 0 Å². The van der Waals surface area contributed by atoms with E-state index in [2.05, 4.69) is 21.7 Å². The Morgan fingerprint density at radius 1 is 1.07 bits per heavy atom. The van der Waals surface area contributed by atoms with Crippen molar-refractivity contribution in [2.75, 3.05) is 0 Å². The molecule has 0 aliphatic carbocycles. The number of hydrogen-bond acceptors (Lipinski definition) is 5. The van der Waals surface area contributed by atoms with Gasteiger partial charge in [-0.15, -0.1) is 11.3 Å². The molecule has 0 unspecified atom stereocenters. The van der Waals surface area contributed by atoms with E-state index >= 15 is 0 Å². The molecule has 5 nitrogen and oxygen atoms in total. The Morgan fingerprint density at radius 2 is 1.82 bits per heavy atom. The molecule has 144 valence electrons. The third kappa shape index (κ3) is 3.24. The van der Waals surface area contributed by atoms with E-state index in [1.165, 1.54) is 10.4 Å². The lowest BCUT2D eigenvalue weighted by Gasteiger charge is -2.10. The Hall–Kier alpha value is -2.86. The molecule has 2 aromatic carbocycles. The first-order valence-corrected chi connectivity index (χ1v) is 10.1. The normalized spacial score (nSPS) is 11.3. The highest BCUT2D eigenvalue weighted by molar-refractivity contribution is 7.09. The van der Waals surface area contributed by atoms with Crippen LogP contribution in [-0.2, 0) is 20.1 Å². The summed E-state index contributed by atoms with van der Waals surface area (Å²) in [5.74, 6) is 1.97. The molecule has 4 rings (SSSR count). The zero-order valence-corrected chi connectivity index (χ0v) is 17.3. The van der Waals surface area contributed by atoms with Crippen LogP contribution in [0.5, 0.6) is 11.5 Å². The molecule has 1 N–H and O–H groups in total. The molecule has 0 saturated heterocycles. The summed E-state index contributed by atoms with van der Waals surface area (Å²) in [6.07, 6.45) is 2.79. The van der Waals surface area contributed by atoms with Crippen LogP contribution >= 0.6 is 11.3 Å². The number of phenolic OH excluding ortho intramolecular Hbond substituents is 1. The summed E-state index contributed by atoms with van der Waals surface area (Å²) in [6.45, 7) is 6.24. The summed E-state index contributed by atoms with van der Waals surface area (Å²) in [5, 5.41) is 10.3. The lowest BCUT2D eigenvalue weighted by molar-refractivity contribution is 0.292. The van der Waals surface area contributed by atoms with Crippen LogP contribution in [0.1, 0.15) is 33.0 Å². The van der Waals surface area contributed by atoms with Crippen LogP contribution in [0.25, 0.3) is 11.0 Å². The fourth-order valence-corrected chi connectivity index (χ4v) is 4.12. The predicted molar refractivity (Wildman–Crippen MR) is 112 cm³/mol. The number of aromatic nitrogens is 3. The van der Waals surface area contributed by atoms with Gasteiger partial charge < -0.3 is 14.4 Å². The Kier molecular flexibility index (Phi) is 4.81. The molecule has 0 aliphatic heterocycles. The standard InChI is InChI=1S/C22H23N3O2S/c1-13-14(2)22(26)15(3)20-21(13)25(4)19(24-20)11-27-17-7-5-16(6-8-17)9-18-10-23-12-28-18/h5-8,10,12,26H,9,11H2,1-4H3. The van der Waals surface area contributed by atoms with E-state index in [1.807, 2.05) is 51.7 Å². The average molecular weight is 394 g/mol. The number of ether oxygens (including phenoxy) is 1. The van der Waals surface area contributed by atoms with Crippen LogP contribution in [0.3, 0.4) is 0 Å². The highest BCUT2D eigenvalue weighted by Crippen LogP contribution is 2.33. The Balaban J connectivity index is 1.53. The molecule has 28 heavy (non-hydrogen) atoms. The Labute approximate surface area is 168 Å². The summed E-state index contributed by atoms with van der Waals surface area (Å²) < 4.78 is 8.04. The van der Waals surface area contributed by atoms with Crippen molar-refractivity contribution in [3.63, 3.8) is 0 Å². The number of rotatable bonds is 5. The van der Waals surface area contributed by atoms with Gasteiger partial charge >= 0.3 is 0 Å². The first kappa shape index (κ1) is 18.5. The van der Waals surface area contributed by atoms with E-state index in [0.717, 1.165) is 45.7 Å². The molecule has 6 heteroatoms. The Bertz CT molecular complexity index is 1130. The smallest absolute Gasteiger partial charge is 0.147 e. The van der Waals surface area contributed by atoms with Crippen molar-refractivity contribution < 1.29 is 9.84 Å². The maximum absolute atomic E-state index is 10.3. The number of nitrogens with zero attached hydrogens (tertiary/aromatic N) is 3. The number of aromatic hydroxyl groups is 1. The van der Waals surface area contributed by atoms with Gasteiger partial charge in [0, 0.05) is 30.1 Å². The van der Waals surface area contributed by atoms with Crippen LogP contribution in [0.4, 0.5) is 0 Å². The van der Waals surface area contributed by atoms with E-state index in [4.69, 9.17) is 9.72 Å². The second kappa shape index (κ2) is 7.28. The van der Waals surface area contributed by atoms with Crippen LogP contribution in [-0.4, -0.2) is 19.6 Å². The van der Waals surface area contributed by atoms with Gasteiger partial charge in [-0.1, -0.05) is 12.1 Å². The molecular formula is C22H23N3O2S. The largest absolute Gasteiger partial charge is 0.507 e. The van der Waals surface area contributed by atoms with Crippen LogP contribution < -0.4 is 4.74 Å². The molecule has 0 radical (unpaired) electrons. The number of phenols is 1. The molecule has 2 heterocycles. The van der Waals surface area contributed by atoms with Gasteiger partial charge in [0.2, 0.25) is 0 Å². The zero-order valence-electron chi connectivity index (χ0n) is 16.5. The molecule has 0 saturated carbocycles. The third-order valence-corrected chi connectivity index (χ3v) is 6.10. The van der Waals surface area contributed by atoms with Crippen molar-refractivity contribution >= 4 is 22.4 Å². The second-order valence-corrected chi connectivity index (χ2v) is 8.06. The van der Waals surface area contributed by atoms with Gasteiger partial charge in [0.05, 0.1) is 16.5 Å². The van der Waals surface area contributed by atoms with Gasteiger partial charge in [-0.05, 0) is 49.6 Å². The first-order chi connectivity index (χ1) is 13.5. The second-order valence-electron chi connectivity index (χ2n) is 7.09. The summed E-state index contributed by atoms with van der Waals surface area (Å²) in [6, 6.07) is 8.15. The van der Waals surface area contributed by atoms with Gasteiger partial charge in [-0.3, -0.25) is 4.98 Å². The van der Waals surface area contributed by atoms with Gasteiger partial charge in [0.1, 0.15) is 23.9 Å². The maximum atomic E-state index is 10.3. The van der Waals surface area contributed by atoms with E-state index in [9.17, 15) is 5.11 Å². The van der Waals surface area contributed by atoms with Crippen molar-refractivity contribution in [2.45, 2.75) is 33.8 Å². The lowest BCUT2D eigenvalue weighted by Crippen LogP contribution is -2.04. The van der Waals surface area contributed by atoms with Gasteiger partial charge in [-0.2, -0.15) is 0 Å². The molecule has 2 aromatic heterocycles. The number of thiazole rings is 1. The van der Waals surface area contributed by atoms with Crippen LogP contribution in [0.15, 0.2) is 36.0 Å². The van der Waals surface area contributed by atoms with Crippen molar-refractivity contribution in [1.29, 1.82) is 0 Å². The molecule has 0 bridgehead atoms.